The lowest BCUT2D eigenvalue weighted by Gasteiger charge is -2.20. The van der Waals surface area contributed by atoms with Gasteiger partial charge >= 0.3 is 5.38 Å². The Hall–Kier alpha value is -0.780. The van der Waals surface area contributed by atoms with Crippen molar-refractivity contribution < 1.29 is 8.78 Å². The van der Waals surface area contributed by atoms with E-state index in [1.807, 2.05) is 5.43 Å². The van der Waals surface area contributed by atoms with Crippen molar-refractivity contribution in [1.82, 2.24) is 10.4 Å². The predicted molar refractivity (Wildman–Crippen MR) is 49.8 cm³/mol. The molecule has 14 heavy (non-hydrogen) atoms. The van der Waals surface area contributed by atoms with Crippen LogP contribution in [-0.4, -0.2) is 10.4 Å². The third kappa shape index (κ3) is 2.60. The van der Waals surface area contributed by atoms with Crippen LogP contribution in [0, 0.1) is 6.92 Å². The second kappa shape index (κ2) is 4.16. The van der Waals surface area contributed by atoms with E-state index in [1.165, 1.54) is 12.3 Å². The molecule has 0 aliphatic heterocycles. The molecule has 0 saturated heterocycles. The molecule has 78 valence electrons. The molecule has 1 atom stereocenters. The number of rotatable bonds is 3. The van der Waals surface area contributed by atoms with Crippen LogP contribution < -0.4 is 11.3 Å². The lowest BCUT2D eigenvalue weighted by molar-refractivity contribution is 0.0496. The van der Waals surface area contributed by atoms with Crippen molar-refractivity contribution in [2.45, 2.75) is 18.3 Å². The zero-order chi connectivity index (χ0) is 10.8. The number of nitrogens with zero attached hydrogens (tertiary/aromatic N) is 1. The Bertz CT molecular complexity index is 296. The Morgan fingerprint density at radius 2 is 2.21 bits per heavy atom. The van der Waals surface area contributed by atoms with Gasteiger partial charge in [0.25, 0.3) is 0 Å². The number of hydrogen-bond acceptors (Lipinski definition) is 3. The van der Waals surface area contributed by atoms with E-state index < -0.39 is 11.4 Å². The third-order valence-corrected chi connectivity index (χ3v) is 1.98. The van der Waals surface area contributed by atoms with Crippen LogP contribution in [-0.2, 0) is 0 Å². The van der Waals surface area contributed by atoms with Crippen LogP contribution in [0.5, 0.6) is 0 Å². The monoisotopic (exact) mass is 221 g/mol. The van der Waals surface area contributed by atoms with Crippen molar-refractivity contribution in [1.29, 1.82) is 0 Å². The molecule has 1 heterocycles. The minimum Gasteiger partial charge on any atom is -0.271 e. The van der Waals surface area contributed by atoms with Gasteiger partial charge < -0.3 is 0 Å². The van der Waals surface area contributed by atoms with Gasteiger partial charge in [0.15, 0.2) is 0 Å². The first-order valence-electron chi connectivity index (χ1n) is 3.90. The van der Waals surface area contributed by atoms with Crippen molar-refractivity contribution in [3.63, 3.8) is 0 Å². The van der Waals surface area contributed by atoms with Crippen LogP contribution in [0.2, 0.25) is 0 Å². The third-order valence-electron chi connectivity index (χ3n) is 1.76. The van der Waals surface area contributed by atoms with Gasteiger partial charge in [-0.1, -0.05) is 6.07 Å². The number of aromatic nitrogens is 1. The van der Waals surface area contributed by atoms with Gasteiger partial charge in [-0.15, -0.1) is 0 Å². The normalized spacial score (nSPS) is 14.1. The van der Waals surface area contributed by atoms with Crippen LogP contribution >= 0.6 is 11.6 Å². The highest BCUT2D eigenvalue weighted by Crippen LogP contribution is 2.33. The van der Waals surface area contributed by atoms with Gasteiger partial charge in [-0.3, -0.25) is 10.8 Å². The fraction of sp³-hybridized carbons (Fsp3) is 0.375. The van der Waals surface area contributed by atoms with E-state index in [0.717, 1.165) is 5.69 Å². The maximum Gasteiger partial charge on any atom is 0.342 e. The number of aryl methyl sites for hydroxylation is 1. The first-order chi connectivity index (χ1) is 6.45. The molecule has 0 saturated carbocycles. The number of nitrogens with two attached hydrogens (primary N) is 1. The minimum absolute atomic E-state index is 0.248. The molecule has 0 radical (unpaired) electrons. The van der Waals surface area contributed by atoms with Crippen LogP contribution in [0.25, 0.3) is 0 Å². The SMILES string of the molecule is Cc1ccc(C(NN)C(F)(F)Cl)cn1. The van der Waals surface area contributed by atoms with Gasteiger partial charge in [-0.2, -0.15) is 8.78 Å². The molecular formula is C8H10ClF2N3. The molecule has 0 aromatic carbocycles. The largest absolute Gasteiger partial charge is 0.342 e. The fourth-order valence-corrected chi connectivity index (χ4v) is 1.22. The van der Waals surface area contributed by atoms with E-state index in [2.05, 4.69) is 4.98 Å². The zero-order valence-corrected chi connectivity index (χ0v) is 8.22. The summed E-state index contributed by atoms with van der Waals surface area (Å²) in [6.45, 7) is 1.76. The molecule has 6 heteroatoms. The highest BCUT2D eigenvalue weighted by Gasteiger charge is 2.37. The summed E-state index contributed by atoms with van der Waals surface area (Å²) >= 11 is 4.87. The molecule has 3 nitrogen and oxygen atoms in total. The molecule has 1 unspecified atom stereocenters. The maximum atomic E-state index is 12.8. The summed E-state index contributed by atoms with van der Waals surface area (Å²) in [5.74, 6) is 4.99. The molecule has 0 aliphatic rings. The van der Waals surface area contributed by atoms with E-state index >= 15 is 0 Å². The molecule has 0 amide bonds. The number of halogens is 3. The summed E-state index contributed by atoms with van der Waals surface area (Å²) in [4.78, 5) is 3.87. The predicted octanol–water partition coefficient (Wildman–Crippen LogP) is 1.73. The molecule has 1 aromatic heterocycles. The lowest BCUT2D eigenvalue weighted by atomic mass is 10.1. The highest BCUT2D eigenvalue weighted by atomic mass is 35.5. The number of nitrogens with one attached hydrogen (secondary N) is 1. The molecule has 0 spiro atoms. The van der Waals surface area contributed by atoms with Crippen molar-refractivity contribution >= 4 is 11.6 Å². The highest BCUT2D eigenvalue weighted by molar-refractivity contribution is 6.22. The van der Waals surface area contributed by atoms with Gasteiger partial charge in [0, 0.05) is 11.9 Å². The first kappa shape index (κ1) is 11.3. The summed E-state index contributed by atoms with van der Waals surface area (Å²) in [7, 11) is 0. The van der Waals surface area contributed by atoms with Crippen molar-refractivity contribution in [3.8, 4) is 0 Å². The van der Waals surface area contributed by atoms with Crippen LogP contribution in [0.1, 0.15) is 17.3 Å². The van der Waals surface area contributed by atoms with Gasteiger partial charge in [0.05, 0.1) is 0 Å². The van der Waals surface area contributed by atoms with Crippen LogP contribution in [0.3, 0.4) is 0 Å². The Kier molecular flexibility index (Phi) is 3.36. The zero-order valence-electron chi connectivity index (χ0n) is 7.47. The molecular weight excluding hydrogens is 212 g/mol. The molecule has 1 rings (SSSR count). The van der Waals surface area contributed by atoms with Crippen LogP contribution in [0.15, 0.2) is 18.3 Å². The average Bonchev–Trinajstić information content (AvgIpc) is 2.07. The van der Waals surface area contributed by atoms with Gasteiger partial charge in [-0.05, 0) is 30.2 Å². The number of pyridine rings is 1. The van der Waals surface area contributed by atoms with Crippen molar-refractivity contribution in [2.24, 2.45) is 5.84 Å². The van der Waals surface area contributed by atoms with Crippen LogP contribution in [0.4, 0.5) is 8.78 Å². The Balaban J connectivity index is 2.96. The minimum atomic E-state index is -3.44. The standard InChI is InChI=1S/C8H10ClF2N3/c1-5-2-3-6(4-13-5)7(14-12)8(9,10)11/h2-4,7,14H,12H2,1H3. The van der Waals surface area contributed by atoms with E-state index in [4.69, 9.17) is 17.4 Å². The fourth-order valence-electron chi connectivity index (χ4n) is 1.03. The van der Waals surface area contributed by atoms with Gasteiger partial charge in [0.1, 0.15) is 6.04 Å². The molecule has 0 aliphatic carbocycles. The van der Waals surface area contributed by atoms with E-state index in [-0.39, 0.29) is 5.56 Å². The number of hydrazine groups is 1. The summed E-state index contributed by atoms with van der Waals surface area (Å²) in [6, 6.07) is 1.68. The molecule has 0 bridgehead atoms. The Labute approximate surface area is 85.2 Å². The van der Waals surface area contributed by atoms with Gasteiger partial charge in [0.2, 0.25) is 0 Å². The maximum absolute atomic E-state index is 12.8. The smallest absolute Gasteiger partial charge is 0.271 e. The van der Waals surface area contributed by atoms with E-state index in [0.29, 0.717) is 0 Å². The lowest BCUT2D eigenvalue weighted by Crippen LogP contribution is -2.37. The van der Waals surface area contributed by atoms with Crippen molar-refractivity contribution in [2.75, 3.05) is 0 Å². The van der Waals surface area contributed by atoms with Gasteiger partial charge in [-0.25, -0.2) is 5.43 Å². The second-order valence-corrected chi connectivity index (χ2v) is 3.38. The molecule has 3 N–H and O–H groups in total. The topological polar surface area (TPSA) is 50.9 Å². The summed E-state index contributed by atoms with van der Waals surface area (Å²) < 4.78 is 25.5. The quantitative estimate of drug-likeness (QED) is 0.464. The number of alkyl halides is 3. The van der Waals surface area contributed by atoms with E-state index in [1.54, 1.807) is 13.0 Å². The second-order valence-electron chi connectivity index (χ2n) is 2.87. The first-order valence-corrected chi connectivity index (χ1v) is 4.28. The molecule has 0 fully saturated rings. The summed E-state index contributed by atoms with van der Waals surface area (Å²) in [5, 5.41) is -3.44. The average molecular weight is 222 g/mol. The van der Waals surface area contributed by atoms with E-state index in [9.17, 15) is 8.78 Å². The summed E-state index contributed by atoms with van der Waals surface area (Å²) in [5.41, 5.74) is 2.94. The Morgan fingerprint density at radius 1 is 1.57 bits per heavy atom. The number of hydrogen-bond donors (Lipinski definition) is 2. The molecule has 1 aromatic rings. The Morgan fingerprint density at radius 3 is 2.57 bits per heavy atom. The summed E-state index contributed by atoms with van der Waals surface area (Å²) in [6.07, 6.45) is 1.32. The van der Waals surface area contributed by atoms with Crippen molar-refractivity contribution in [3.05, 3.63) is 29.6 Å².